The summed E-state index contributed by atoms with van der Waals surface area (Å²) < 4.78 is 22.6. The predicted octanol–water partition coefficient (Wildman–Crippen LogP) is 1.09. The highest BCUT2D eigenvalue weighted by atomic mass is 35.5. The van der Waals surface area contributed by atoms with Gasteiger partial charge in [-0.3, -0.25) is 9.69 Å². The third-order valence-corrected chi connectivity index (χ3v) is 4.80. The van der Waals surface area contributed by atoms with Gasteiger partial charge in [-0.2, -0.15) is 0 Å². The number of halogens is 2. The number of carbonyl (C=O) groups excluding carboxylic acids is 1. The molecule has 0 aromatic carbocycles. The Morgan fingerprint density at radius 1 is 1.42 bits per heavy atom. The third kappa shape index (κ3) is 2.84. The second-order valence-electron chi connectivity index (χ2n) is 4.28. The van der Waals surface area contributed by atoms with Crippen molar-refractivity contribution in [2.45, 2.75) is 18.6 Å². The first kappa shape index (κ1) is 14.5. The van der Waals surface area contributed by atoms with Gasteiger partial charge in [-0.05, 0) is 13.0 Å². The summed E-state index contributed by atoms with van der Waals surface area (Å²) in [5.74, 6) is -0.171. The highest BCUT2D eigenvalue weighted by Gasteiger charge is 2.38. The van der Waals surface area contributed by atoms with Gasteiger partial charge >= 0.3 is 0 Å². The molecule has 1 aliphatic heterocycles. The van der Waals surface area contributed by atoms with Crippen LogP contribution in [0.15, 0.2) is 6.07 Å². The largest absolute Gasteiger partial charge is 0.294 e. The van der Waals surface area contributed by atoms with Crippen molar-refractivity contribution in [3.05, 3.63) is 21.8 Å². The van der Waals surface area contributed by atoms with Crippen LogP contribution in [0.1, 0.15) is 12.1 Å². The lowest BCUT2D eigenvalue weighted by Gasteiger charge is -2.17. The van der Waals surface area contributed by atoms with Gasteiger partial charge in [0, 0.05) is 13.0 Å². The maximum Gasteiger partial charge on any atom is 0.229 e. The highest BCUT2D eigenvalue weighted by molar-refractivity contribution is 7.89. The molecule has 1 unspecified atom stereocenters. The van der Waals surface area contributed by atoms with Crippen molar-refractivity contribution in [3.8, 4) is 0 Å². The Kier molecular flexibility index (Phi) is 3.74. The van der Waals surface area contributed by atoms with E-state index in [1.807, 2.05) is 0 Å². The summed E-state index contributed by atoms with van der Waals surface area (Å²) in [6.45, 7) is 1.62. The molecule has 0 spiro atoms. The summed E-state index contributed by atoms with van der Waals surface area (Å²) in [6.07, 6.45) is -0.168. The Hall–Kier alpha value is -0.890. The van der Waals surface area contributed by atoms with Crippen LogP contribution in [0.25, 0.3) is 0 Å². The van der Waals surface area contributed by atoms with Crippen LogP contribution in [-0.2, 0) is 14.8 Å². The standard InChI is InChI=1S/C10H11Cl2N3O3S/c1-5-7(11)3-8(12)10(14-5)15-4-6(2-9(15)16)19(13,17)18/h3,6H,2,4H2,1H3,(H2,13,17,18). The molecule has 104 valence electrons. The summed E-state index contributed by atoms with van der Waals surface area (Å²) >= 11 is 11.9. The Morgan fingerprint density at radius 3 is 2.58 bits per heavy atom. The van der Waals surface area contributed by atoms with E-state index in [9.17, 15) is 13.2 Å². The van der Waals surface area contributed by atoms with E-state index in [0.717, 1.165) is 0 Å². The fourth-order valence-corrected chi connectivity index (χ4v) is 3.03. The number of carbonyl (C=O) groups is 1. The van der Waals surface area contributed by atoms with E-state index in [0.29, 0.717) is 10.7 Å². The van der Waals surface area contributed by atoms with Gasteiger partial charge in [0.1, 0.15) is 5.25 Å². The average molecular weight is 324 g/mol. The molecule has 0 bridgehead atoms. The van der Waals surface area contributed by atoms with Crippen LogP contribution in [0.2, 0.25) is 10.0 Å². The van der Waals surface area contributed by atoms with Gasteiger partial charge in [-0.1, -0.05) is 23.2 Å². The number of hydrogen-bond donors (Lipinski definition) is 1. The van der Waals surface area contributed by atoms with Crippen LogP contribution in [-0.4, -0.2) is 31.1 Å². The minimum absolute atomic E-state index is 0.0501. The predicted molar refractivity (Wildman–Crippen MR) is 72.9 cm³/mol. The SMILES string of the molecule is Cc1nc(N2CC(S(N)(=O)=O)CC2=O)c(Cl)cc1Cl. The fourth-order valence-electron chi connectivity index (χ4n) is 1.83. The first-order valence-corrected chi connectivity index (χ1v) is 7.71. The van der Waals surface area contributed by atoms with Crippen molar-refractivity contribution in [2.24, 2.45) is 5.14 Å². The summed E-state index contributed by atoms with van der Waals surface area (Å²) in [5, 5.41) is 4.69. The minimum Gasteiger partial charge on any atom is -0.294 e. The molecule has 0 radical (unpaired) electrons. The number of nitrogens with two attached hydrogens (primary N) is 1. The highest BCUT2D eigenvalue weighted by Crippen LogP contribution is 2.31. The number of hydrogen-bond acceptors (Lipinski definition) is 4. The molecular weight excluding hydrogens is 313 g/mol. The van der Waals surface area contributed by atoms with Crippen LogP contribution >= 0.6 is 23.2 Å². The third-order valence-electron chi connectivity index (χ3n) is 2.90. The number of rotatable bonds is 2. The molecule has 9 heteroatoms. The zero-order valence-corrected chi connectivity index (χ0v) is 12.3. The van der Waals surface area contributed by atoms with E-state index in [2.05, 4.69) is 4.98 Å². The van der Waals surface area contributed by atoms with Gasteiger partial charge in [0.25, 0.3) is 0 Å². The molecule has 1 fully saturated rings. The molecule has 1 aromatic rings. The fraction of sp³-hybridized carbons (Fsp3) is 0.400. The molecule has 6 nitrogen and oxygen atoms in total. The molecular formula is C10H11Cl2N3O3S. The lowest BCUT2D eigenvalue weighted by atomic mass is 10.3. The van der Waals surface area contributed by atoms with Crippen molar-refractivity contribution in [1.82, 2.24) is 4.98 Å². The zero-order valence-electron chi connectivity index (χ0n) is 9.93. The van der Waals surface area contributed by atoms with E-state index in [4.69, 9.17) is 28.3 Å². The van der Waals surface area contributed by atoms with Crippen molar-refractivity contribution >= 4 is 45.0 Å². The molecule has 2 N–H and O–H groups in total. The monoisotopic (exact) mass is 323 g/mol. The number of primary sulfonamides is 1. The molecule has 19 heavy (non-hydrogen) atoms. The van der Waals surface area contributed by atoms with E-state index >= 15 is 0 Å². The van der Waals surface area contributed by atoms with Gasteiger partial charge < -0.3 is 0 Å². The minimum atomic E-state index is -3.77. The molecule has 1 saturated heterocycles. The van der Waals surface area contributed by atoms with Gasteiger partial charge in [0.15, 0.2) is 5.82 Å². The van der Waals surface area contributed by atoms with Crippen LogP contribution < -0.4 is 10.0 Å². The lowest BCUT2D eigenvalue weighted by Crippen LogP contribution is -2.32. The summed E-state index contributed by atoms with van der Waals surface area (Å²) in [4.78, 5) is 17.2. The Bertz CT molecular complexity index is 648. The maximum absolute atomic E-state index is 11.9. The number of anilines is 1. The lowest BCUT2D eigenvalue weighted by molar-refractivity contribution is -0.117. The molecule has 0 saturated carbocycles. The number of aryl methyl sites for hydroxylation is 1. The van der Waals surface area contributed by atoms with Gasteiger partial charge in [-0.15, -0.1) is 0 Å². The van der Waals surface area contributed by atoms with E-state index in [1.165, 1.54) is 11.0 Å². The number of sulfonamides is 1. The molecule has 2 rings (SSSR count). The van der Waals surface area contributed by atoms with Crippen molar-refractivity contribution in [3.63, 3.8) is 0 Å². The van der Waals surface area contributed by atoms with E-state index in [-0.39, 0.29) is 29.7 Å². The van der Waals surface area contributed by atoms with Crippen molar-refractivity contribution in [1.29, 1.82) is 0 Å². The maximum atomic E-state index is 11.9. The summed E-state index contributed by atoms with van der Waals surface area (Å²) in [5.41, 5.74) is 0.507. The first-order valence-electron chi connectivity index (χ1n) is 5.34. The number of aromatic nitrogens is 1. The second-order valence-corrected chi connectivity index (χ2v) is 6.94. The van der Waals surface area contributed by atoms with Crippen molar-refractivity contribution < 1.29 is 13.2 Å². The molecule has 1 aromatic heterocycles. The molecule has 1 aliphatic rings. The zero-order chi connectivity index (χ0) is 14.4. The summed E-state index contributed by atoms with van der Waals surface area (Å²) in [6, 6.07) is 1.47. The van der Waals surface area contributed by atoms with Gasteiger partial charge in [0.2, 0.25) is 15.9 Å². The Balaban J connectivity index is 2.39. The number of amides is 1. The summed E-state index contributed by atoms with van der Waals surface area (Å²) in [7, 11) is -3.77. The second kappa shape index (κ2) is 4.90. The number of pyridine rings is 1. The van der Waals surface area contributed by atoms with Gasteiger partial charge in [-0.25, -0.2) is 18.5 Å². The topological polar surface area (TPSA) is 93.4 Å². The van der Waals surface area contributed by atoms with Crippen molar-refractivity contribution in [2.75, 3.05) is 11.4 Å². The van der Waals surface area contributed by atoms with E-state index < -0.39 is 15.3 Å². The quantitative estimate of drug-likeness (QED) is 0.881. The molecule has 1 amide bonds. The normalized spacial score (nSPS) is 20.1. The van der Waals surface area contributed by atoms with Crippen LogP contribution in [0.4, 0.5) is 5.82 Å². The molecule has 0 aliphatic carbocycles. The average Bonchev–Trinajstić information content (AvgIpc) is 2.65. The van der Waals surface area contributed by atoms with Crippen LogP contribution in [0.5, 0.6) is 0 Å². The van der Waals surface area contributed by atoms with E-state index in [1.54, 1.807) is 6.92 Å². The smallest absolute Gasteiger partial charge is 0.229 e. The molecule has 1 atom stereocenters. The first-order chi connectivity index (χ1) is 8.70. The van der Waals surface area contributed by atoms with Gasteiger partial charge in [0.05, 0.1) is 15.7 Å². The Labute approximate surface area is 120 Å². The van der Waals surface area contributed by atoms with Crippen LogP contribution in [0, 0.1) is 6.92 Å². The molecule has 2 heterocycles. The van der Waals surface area contributed by atoms with Crippen LogP contribution in [0.3, 0.4) is 0 Å². The number of nitrogens with zero attached hydrogens (tertiary/aromatic N) is 2. The Morgan fingerprint density at radius 2 is 2.05 bits per heavy atom.